The van der Waals surface area contributed by atoms with Gasteiger partial charge in [0.2, 0.25) is 5.78 Å². The number of fused-ring (bicyclic) bond motifs is 1. The fourth-order valence-corrected chi connectivity index (χ4v) is 3.68. The third-order valence-electron chi connectivity index (χ3n) is 3.44. The first kappa shape index (κ1) is 13.6. The highest BCUT2D eigenvalue weighted by atomic mass is 32.2. The summed E-state index contributed by atoms with van der Waals surface area (Å²) in [4.78, 5) is 12.6. The van der Waals surface area contributed by atoms with Gasteiger partial charge in [0.1, 0.15) is 5.70 Å². The smallest absolute Gasteiger partial charge is 0.264 e. The van der Waals surface area contributed by atoms with E-state index in [0.29, 0.717) is 0 Å². The summed E-state index contributed by atoms with van der Waals surface area (Å²) in [6.45, 7) is 0. The summed E-state index contributed by atoms with van der Waals surface area (Å²) in [5, 5.41) is 0. The van der Waals surface area contributed by atoms with E-state index in [1.165, 1.54) is 13.1 Å². The highest BCUT2D eigenvalue weighted by Gasteiger charge is 2.36. The molecule has 0 saturated carbocycles. The summed E-state index contributed by atoms with van der Waals surface area (Å²) >= 11 is 0. The Bertz CT molecular complexity index is 839. The summed E-state index contributed by atoms with van der Waals surface area (Å²) in [6, 6.07) is 15.5. The molecule has 0 unspecified atom stereocenters. The van der Waals surface area contributed by atoms with E-state index in [2.05, 4.69) is 0 Å². The molecule has 0 aromatic heterocycles. The van der Waals surface area contributed by atoms with Gasteiger partial charge in [-0.25, -0.2) is 8.42 Å². The highest BCUT2D eigenvalue weighted by Crippen LogP contribution is 2.31. The number of allylic oxidation sites excluding steroid dienone is 1. The normalized spacial score (nSPS) is 18.6. The second-order valence-electron chi connectivity index (χ2n) is 4.74. The predicted molar refractivity (Wildman–Crippen MR) is 80.1 cm³/mol. The van der Waals surface area contributed by atoms with Gasteiger partial charge < -0.3 is 0 Å². The topological polar surface area (TPSA) is 54.5 Å². The van der Waals surface area contributed by atoms with E-state index < -0.39 is 10.0 Å². The number of benzene rings is 2. The Morgan fingerprint density at radius 2 is 1.57 bits per heavy atom. The van der Waals surface area contributed by atoms with Gasteiger partial charge >= 0.3 is 0 Å². The largest absolute Gasteiger partial charge is 0.287 e. The molecule has 0 aliphatic carbocycles. The number of Topliss-reactive ketones (excluding diaryl/α,β-unsaturated/α-hetero) is 1. The third-order valence-corrected chi connectivity index (χ3v) is 5.27. The van der Waals surface area contributed by atoms with Gasteiger partial charge in [0.25, 0.3) is 10.0 Å². The van der Waals surface area contributed by atoms with Crippen molar-refractivity contribution in [2.24, 2.45) is 0 Å². The van der Waals surface area contributed by atoms with Crippen LogP contribution in [0.1, 0.15) is 15.9 Å². The van der Waals surface area contributed by atoms with Crippen molar-refractivity contribution in [2.75, 3.05) is 7.05 Å². The molecule has 1 heterocycles. The number of carbonyl (C=O) groups excluding carboxylic acids is 1. The molecular formula is C16H13NO3S. The molecule has 21 heavy (non-hydrogen) atoms. The van der Waals surface area contributed by atoms with Crippen LogP contribution < -0.4 is 0 Å². The van der Waals surface area contributed by atoms with Crippen molar-refractivity contribution in [3.05, 3.63) is 71.4 Å². The zero-order chi connectivity index (χ0) is 15.0. The number of sulfonamides is 1. The molecule has 0 amide bonds. The minimum absolute atomic E-state index is 0.0581. The molecule has 0 atom stereocenters. The maximum Gasteiger partial charge on any atom is 0.264 e. The van der Waals surface area contributed by atoms with Gasteiger partial charge in [-0.15, -0.1) is 0 Å². The summed E-state index contributed by atoms with van der Waals surface area (Å²) in [7, 11) is -2.28. The van der Waals surface area contributed by atoms with E-state index in [1.807, 2.05) is 30.3 Å². The van der Waals surface area contributed by atoms with Gasteiger partial charge in [0.05, 0.1) is 4.90 Å². The van der Waals surface area contributed by atoms with E-state index in [4.69, 9.17) is 0 Å². The summed E-state index contributed by atoms with van der Waals surface area (Å²) < 4.78 is 26.0. The van der Waals surface area contributed by atoms with E-state index in [9.17, 15) is 13.2 Å². The summed E-state index contributed by atoms with van der Waals surface area (Å²) in [5.41, 5.74) is 1.15. The second-order valence-corrected chi connectivity index (χ2v) is 6.68. The van der Waals surface area contributed by atoms with Crippen LogP contribution in [-0.2, 0) is 10.0 Å². The number of hydrogen-bond donors (Lipinski definition) is 0. The maximum atomic E-state index is 12.5. The van der Waals surface area contributed by atoms with Crippen LogP contribution in [0, 0.1) is 0 Å². The lowest BCUT2D eigenvalue weighted by Gasteiger charge is -2.27. The number of likely N-dealkylation sites (N-methyl/N-ethyl adjacent to an activating group) is 1. The zero-order valence-electron chi connectivity index (χ0n) is 11.4. The Kier molecular flexibility index (Phi) is 3.14. The minimum atomic E-state index is -3.68. The Hall–Kier alpha value is -2.40. The fraction of sp³-hybridized carbons (Fsp3) is 0.0625. The van der Waals surface area contributed by atoms with E-state index >= 15 is 0 Å². The first-order valence-corrected chi connectivity index (χ1v) is 7.85. The van der Waals surface area contributed by atoms with E-state index in [0.717, 1.165) is 9.87 Å². The second kappa shape index (κ2) is 4.86. The molecule has 0 spiro atoms. The molecule has 2 aromatic carbocycles. The van der Waals surface area contributed by atoms with E-state index in [-0.39, 0.29) is 21.9 Å². The lowest BCUT2D eigenvalue weighted by molar-refractivity contribution is 0.101. The van der Waals surface area contributed by atoms with E-state index in [1.54, 1.807) is 24.3 Å². The fourth-order valence-electron chi connectivity index (χ4n) is 2.30. The van der Waals surface area contributed by atoms with Crippen LogP contribution in [0.4, 0.5) is 0 Å². The van der Waals surface area contributed by atoms with Crippen molar-refractivity contribution < 1.29 is 13.2 Å². The Labute approximate surface area is 123 Å². The quantitative estimate of drug-likeness (QED) is 0.760. The minimum Gasteiger partial charge on any atom is -0.287 e. The van der Waals surface area contributed by atoms with Gasteiger partial charge in [0.15, 0.2) is 0 Å². The summed E-state index contributed by atoms with van der Waals surface area (Å²) in [5.74, 6) is -0.285. The zero-order valence-corrected chi connectivity index (χ0v) is 12.2. The maximum absolute atomic E-state index is 12.5. The average Bonchev–Trinajstić information content (AvgIpc) is 2.51. The lowest BCUT2D eigenvalue weighted by atomic mass is 10.1. The monoisotopic (exact) mass is 299 g/mol. The number of rotatable bonds is 1. The molecule has 3 rings (SSSR count). The van der Waals surface area contributed by atoms with Crippen molar-refractivity contribution in [1.29, 1.82) is 0 Å². The number of ketones is 1. The van der Waals surface area contributed by atoms with Crippen LogP contribution >= 0.6 is 0 Å². The molecule has 0 fully saturated rings. The molecule has 2 aromatic rings. The van der Waals surface area contributed by atoms with Gasteiger partial charge in [0, 0.05) is 12.6 Å². The lowest BCUT2D eigenvalue weighted by Crippen LogP contribution is -2.36. The number of nitrogens with zero attached hydrogens (tertiary/aromatic N) is 1. The van der Waals surface area contributed by atoms with Crippen molar-refractivity contribution in [3.63, 3.8) is 0 Å². The molecular weight excluding hydrogens is 286 g/mol. The first-order valence-electron chi connectivity index (χ1n) is 6.41. The standard InChI is InChI=1S/C16H13NO3S/c1-17-14(11-12-7-3-2-4-8-12)16(18)13-9-5-6-10-15(13)21(17,19)20/h2-11H,1H3/b14-11-. The van der Waals surface area contributed by atoms with Gasteiger partial charge in [-0.2, -0.15) is 0 Å². The van der Waals surface area contributed by atoms with Crippen molar-refractivity contribution in [2.45, 2.75) is 4.90 Å². The van der Waals surface area contributed by atoms with Crippen molar-refractivity contribution >= 4 is 21.9 Å². The van der Waals surface area contributed by atoms with Gasteiger partial charge in [-0.3, -0.25) is 9.10 Å². The molecule has 0 radical (unpaired) electrons. The number of carbonyl (C=O) groups is 1. The van der Waals surface area contributed by atoms with Crippen LogP contribution in [0.2, 0.25) is 0 Å². The van der Waals surface area contributed by atoms with Crippen LogP contribution in [0.25, 0.3) is 6.08 Å². The van der Waals surface area contributed by atoms with Crippen LogP contribution in [-0.4, -0.2) is 25.6 Å². The van der Waals surface area contributed by atoms with Crippen LogP contribution in [0.5, 0.6) is 0 Å². The van der Waals surface area contributed by atoms with Gasteiger partial charge in [-0.1, -0.05) is 42.5 Å². The van der Waals surface area contributed by atoms with Crippen molar-refractivity contribution in [1.82, 2.24) is 4.31 Å². The highest BCUT2D eigenvalue weighted by molar-refractivity contribution is 7.89. The van der Waals surface area contributed by atoms with Crippen LogP contribution in [0.3, 0.4) is 0 Å². The molecule has 1 aliphatic heterocycles. The van der Waals surface area contributed by atoms with Gasteiger partial charge in [-0.05, 0) is 23.8 Å². The van der Waals surface area contributed by atoms with Crippen molar-refractivity contribution in [3.8, 4) is 0 Å². The first-order chi connectivity index (χ1) is 10.0. The molecule has 4 nitrogen and oxygen atoms in total. The Morgan fingerprint density at radius 1 is 0.952 bits per heavy atom. The third kappa shape index (κ3) is 2.15. The Morgan fingerprint density at radius 3 is 2.29 bits per heavy atom. The molecule has 0 bridgehead atoms. The summed E-state index contributed by atoms with van der Waals surface area (Å²) in [6.07, 6.45) is 1.59. The molecule has 0 N–H and O–H groups in total. The van der Waals surface area contributed by atoms with Crippen LogP contribution in [0.15, 0.2) is 65.2 Å². The molecule has 0 saturated heterocycles. The molecule has 106 valence electrons. The molecule has 5 heteroatoms. The average molecular weight is 299 g/mol. The predicted octanol–water partition coefficient (Wildman–Crippen LogP) is 2.54. The number of hydrogen-bond acceptors (Lipinski definition) is 3. The SMILES string of the molecule is CN1/C(=C\c2ccccc2)C(=O)c2ccccc2S1(=O)=O. The molecule has 1 aliphatic rings. The Balaban J connectivity index is 2.22.